The molecule has 32 heavy (non-hydrogen) atoms. The quantitative estimate of drug-likeness (QED) is 0.403. The number of carbonyl (C=O) groups excluding carboxylic acids is 2. The summed E-state index contributed by atoms with van der Waals surface area (Å²) in [7, 11) is 0. The van der Waals surface area contributed by atoms with Crippen LogP contribution in [0.4, 0.5) is 5.69 Å². The number of nitrogens with zero attached hydrogens (tertiary/aromatic N) is 2. The number of thioether (sulfide) groups is 1. The molecule has 162 valence electrons. The lowest BCUT2D eigenvalue weighted by Crippen LogP contribution is -2.42. The minimum absolute atomic E-state index is 0.0382. The standard InChI is InChI=1S/C25H23N3O2S2/c29-23(16-31-25-27-21-7-3-4-8-22(21)32-25)28-13-11-18(12-14-28)24(30)26-20-10-9-17-5-1-2-6-19(17)15-20/h1-10,15,18H,11-14,16H2,(H,26,30). The van der Waals surface area contributed by atoms with Crippen LogP contribution in [0.2, 0.25) is 0 Å². The Kier molecular flexibility index (Phi) is 6.10. The first-order valence-corrected chi connectivity index (χ1v) is 12.5. The Bertz CT molecular complexity index is 1250. The van der Waals surface area contributed by atoms with Crippen LogP contribution in [0.1, 0.15) is 12.8 Å². The molecule has 0 saturated carbocycles. The van der Waals surface area contributed by atoms with Gasteiger partial charge in [0.15, 0.2) is 4.34 Å². The fourth-order valence-corrected chi connectivity index (χ4v) is 6.00. The number of likely N-dealkylation sites (tertiary alicyclic amines) is 1. The van der Waals surface area contributed by atoms with Crippen LogP contribution in [0.3, 0.4) is 0 Å². The fourth-order valence-electron chi connectivity index (χ4n) is 4.03. The smallest absolute Gasteiger partial charge is 0.233 e. The molecule has 1 aromatic heterocycles. The Labute approximate surface area is 194 Å². The molecule has 1 aliphatic rings. The van der Waals surface area contributed by atoms with Crippen molar-refractivity contribution in [2.45, 2.75) is 17.2 Å². The van der Waals surface area contributed by atoms with Gasteiger partial charge in [0.2, 0.25) is 11.8 Å². The summed E-state index contributed by atoms with van der Waals surface area (Å²) >= 11 is 3.11. The van der Waals surface area contributed by atoms with Gasteiger partial charge in [-0.05, 0) is 47.9 Å². The zero-order chi connectivity index (χ0) is 21.9. The highest BCUT2D eigenvalue weighted by atomic mass is 32.2. The first-order chi connectivity index (χ1) is 15.7. The van der Waals surface area contributed by atoms with Gasteiger partial charge in [0, 0.05) is 24.7 Å². The van der Waals surface area contributed by atoms with Gasteiger partial charge in [-0.1, -0.05) is 54.2 Å². The molecule has 0 unspecified atom stereocenters. The number of carbonyl (C=O) groups is 2. The van der Waals surface area contributed by atoms with Gasteiger partial charge in [-0.3, -0.25) is 9.59 Å². The Morgan fingerprint density at radius 1 is 1.00 bits per heavy atom. The van der Waals surface area contributed by atoms with Gasteiger partial charge in [0.25, 0.3) is 0 Å². The molecule has 5 rings (SSSR count). The maximum absolute atomic E-state index is 12.8. The second kappa shape index (κ2) is 9.30. The van der Waals surface area contributed by atoms with Crippen molar-refractivity contribution in [3.05, 3.63) is 66.7 Å². The van der Waals surface area contributed by atoms with E-state index < -0.39 is 0 Å². The summed E-state index contributed by atoms with van der Waals surface area (Å²) in [6.45, 7) is 1.24. The monoisotopic (exact) mass is 461 g/mol. The van der Waals surface area contributed by atoms with E-state index in [-0.39, 0.29) is 17.7 Å². The largest absolute Gasteiger partial charge is 0.342 e. The van der Waals surface area contributed by atoms with Crippen LogP contribution in [-0.4, -0.2) is 40.5 Å². The predicted molar refractivity (Wildman–Crippen MR) is 132 cm³/mol. The molecular weight excluding hydrogens is 438 g/mol. The van der Waals surface area contributed by atoms with Crippen LogP contribution in [-0.2, 0) is 9.59 Å². The number of piperidine rings is 1. The zero-order valence-electron chi connectivity index (χ0n) is 17.5. The predicted octanol–water partition coefficient (Wildman–Crippen LogP) is 5.42. The Morgan fingerprint density at radius 3 is 2.56 bits per heavy atom. The molecule has 0 bridgehead atoms. The summed E-state index contributed by atoms with van der Waals surface area (Å²) in [6.07, 6.45) is 1.38. The van der Waals surface area contributed by atoms with Crippen LogP contribution in [0.15, 0.2) is 71.1 Å². The average molecular weight is 462 g/mol. The molecule has 1 fully saturated rings. The molecule has 4 aromatic rings. The van der Waals surface area contributed by atoms with Crippen molar-refractivity contribution < 1.29 is 9.59 Å². The van der Waals surface area contributed by atoms with Gasteiger partial charge in [0.1, 0.15) is 0 Å². The van der Waals surface area contributed by atoms with Gasteiger partial charge in [-0.25, -0.2) is 4.98 Å². The summed E-state index contributed by atoms with van der Waals surface area (Å²) < 4.78 is 2.06. The number of hydrogen-bond donors (Lipinski definition) is 1. The van der Waals surface area contributed by atoms with Gasteiger partial charge in [-0.2, -0.15) is 0 Å². The lowest BCUT2D eigenvalue weighted by molar-refractivity contribution is -0.132. The van der Waals surface area contributed by atoms with Crippen molar-refractivity contribution in [3.63, 3.8) is 0 Å². The van der Waals surface area contributed by atoms with E-state index in [0.717, 1.165) is 31.0 Å². The van der Waals surface area contributed by atoms with Gasteiger partial charge < -0.3 is 10.2 Å². The van der Waals surface area contributed by atoms with Crippen LogP contribution in [0.25, 0.3) is 21.0 Å². The Hall–Kier alpha value is -2.90. The molecule has 0 aliphatic carbocycles. The summed E-state index contributed by atoms with van der Waals surface area (Å²) in [4.78, 5) is 31.9. The van der Waals surface area contributed by atoms with Crippen molar-refractivity contribution in [1.29, 1.82) is 0 Å². The van der Waals surface area contributed by atoms with Gasteiger partial charge in [-0.15, -0.1) is 11.3 Å². The number of hydrogen-bond acceptors (Lipinski definition) is 5. The lowest BCUT2D eigenvalue weighted by Gasteiger charge is -2.31. The number of nitrogens with one attached hydrogen (secondary N) is 1. The van der Waals surface area contributed by atoms with Crippen molar-refractivity contribution in [3.8, 4) is 0 Å². The number of fused-ring (bicyclic) bond motifs is 2. The topological polar surface area (TPSA) is 62.3 Å². The van der Waals surface area contributed by atoms with E-state index in [9.17, 15) is 9.59 Å². The molecule has 0 radical (unpaired) electrons. The molecular formula is C25H23N3O2S2. The van der Waals surface area contributed by atoms with Crippen LogP contribution < -0.4 is 5.32 Å². The summed E-state index contributed by atoms with van der Waals surface area (Å²) in [5.41, 5.74) is 1.80. The highest BCUT2D eigenvalue weighted by Gasteiger charge is 2.27. The Morgan fingerprint density at radius 2 is 1.75 bits per heavy atom. The van der Waals surface area contributed by atoms with Crippen LogP contribution >= 0.6 is 23.1 Å². The average Bonchev–Trinajstić information content (AvgIpc) is 3.25. The van der Waals surface area contributed by atoms with Gasteiger partial charge >= 0.3 is 0 Å². The third-order valence-corrected chi connectivity index (χ3v) is 7.99. The van der Waals surface area contributed by atoms with Crippen molar-refractivity contribution >= 4 is 61.6 Å². The molecule has 1 N–H and O–H groups in total. The maximum atomic E-state index is 12.8. The van der Waals surface area contributed by atoms with Crippen molar-refractivity contribution in [2.75, 3.05) is 24.2 Å². The Balaban J connectivity index is 1.12. The van der Waals surface area contributed by atoms with E-state index in [1.165, 1.54) is 11.8 Å². The molecule has 1 aliphatic heterocycles. The van der Waals surface area contributed by atoms with Gasteiger partial charge in [0.05, 0.1) is 16.0 Å². The SMILES string of the molecule is O=C(Nc1ccc2ccccc2c1)C1CCN(C(=O)CSc2nc3ccccc3s2)CC1. The lowest BCUT2D eigenvalue weighted by atomic mass is 9.95. The normalized spacial score (nSPS) is 14.7. The first-order valence-electron chi connectivity index (χ1n) is 10.7. The van der Waals surface area contributed by atoms with E-state index in [0.29, 0.717) is 31.7 Å². The van der Waals surface area contributed by atoms with E-state index in [4.69, 9.17) is 0 Å². The van der Waals surface area contributed by atoms with Crippen LogP contribution in [0.5, 0.6) is 0 Å². The number of thiazole rings is 1. The molecule has 2 heterocycles. The summed E-state index contributed by atoms with van der Waals surface area (Å²) in [5, 5.41) is 5.32. The van der Waals surface area contributed by atoms with Crippen molar-refractivity contribution in [2.24, 2.45) is 5.92 Å². The molecule has 5 nitrogen and oxygen atoms in total. The second-order valence-electron chi connectivity index (χ2n) is 7.94. The molecule has 1 saturated heterocycles. The number of benzene rings is 3. The third kappa shape index (κ3) is 4.64. The summed E-state index contributed by atoms with van der Waals surface area (Å²) in [5.74, 6) is 0.467. The molecule has 2 amide bonds. The molecule has 0 atom stereocenters. The van der Waals surface area contributed by atoms with E-state index in [2.05, 4.69) is 16.4 Å². The number of anilines is 1. The number of rotatable bonds is 5. The van der Waals surface area contributed by atoms with E-state index >= 15 is 0 Å². The first kappa shape index (κ1) is 21.0. The number of aromatic nitrogens is 1. The fraction of sp³-hybridized carbons (Fsp3) is 0.240. The molecule has 3 aromatic carbocycles. The van der Waals surface area contributed by atoms with Crippen molar-refractivity contribution in [1.82, 2.24) is 9.88 Å². The minimum Gasteiger partial charge on any atom is -0.342 e. The maximum Gasteiger partial charge on any atom is 0.233 e. The molecule has 0 spiro atoms. The second-order valence-corrected chi connectivity index (χ2v) is 10.2. The third-order valence-electron chi connectivity index (χ3n) is 5.83. The van der Waals surface area contributed by atoms with E-state index in [1.807, 2.05) is 65.6 Å². The number of amides is 2. The zero-order valence-corrected chi connectivity index (χ0v) is 19.1. The summed E-state index contributed by atoms with van der Waals surface area (Å²) in [6, 6.07) is 22.1. The minimum atomic E-state index is -0.0672. The van der Waals surface area contributed by atoms with E-state index in [1.54, 1.807) is 11.3 Å². The highest BCUT2D eigenvalue weighted by Crippen LogP contribution is 2.30. The number of para-hydroxylation sites is 1. The molecule has 7 heteroatoms. The highest BCUT2D eigenvalue weighted by molar-refractivity contribution is 8.01. The van der Waals surface area contributed by atoms with Crippen LogP contribution in [0, 0.1) is 5.92 Å².